The first-order chi connectivity index (χ1) is 7.69. The lowest BCUT2D eigenvalue weighted by Gasteiger charge is -2.16. The van der Waals surface area contributed by atoms with Crippen LogP contribution in [0.4, 0.5) is 4.39 Å². The summed E-state index contributed by atoms with van der Waals surface area (Å²) in [6.07, 6.45) is 1.73. The lowest BCUT2D eigenvalue weighted by molar-refractivity contribution is 0.457. The van der Waals surface area contributed by atoms with Crippen LogP contribution in [0.25, 0.3) is 0 Å². The van der Waals surface area contributed by atoms with Gasteiger partial charge in [-0.05, 0) is 37.6 Å². The van der Waals surface area contributed by atoms with E-state index in [2.05, 4.69) is 19.2 Å². The van der Waals surface area contributed by atoms with Gasteiger partial charge in [0.2, 0.25) is 0 Å². The molecule has 3 heteroatoms. The molecular weight excluding hydrogens is 225 g/mol. The summed E-state index contributed by atoms with van der Waals surface area (Å²) in [5, 5.41) is 3.83. The fourth-order valence-electron chi connectivity index (χ4n) is 1.73. The maximum absolute atomic E-state index is 13.6. The predicted molar refractivity (Wildman–Crippen MR) is 67.4 cm³/mol. The Balaban J connectivity index is 2.69. The molecule has 0 aromatic heterocycles. The van der Waals surface area contributed by atoms with Crippen LogP contribution in [0.2, 0.25) is 5.02 Å². The second-order valence-corrected chi connectivity index (χ2v) is 4.39. The van der Waals surface area contributed by atoms with E-state index in [4.69, 9.17) is 11.6 Å². The largest absolute Gasteiger partial charge is 0.317 e. The molecule has 1 atom stereocenters. The molecule has 1 N–H and O–H groups in total. The van der Waals surface area contributed by atoms with E-state index in [0.29, 0.717) is 22.9 Å². The maximum atomic E-state index is 13.6. The summed E-state index contributed by atoms with van der Waals surface area (Å²) in [5.74, 6) is 0.247. The monoisotopic (exact) mass is 243 g/mol. The van der Waals surface area contributed by atoms with Gasteiger partial charge in [0, 0.05) is 10.6 Å². The Hall–Kier alpha value is -0.600. The molecule has 0 saturated carbocycles. The van der Waals surface area contributed by atoms with Crippen LogP contribution in [-0.4, -0.2) is 13.1 Å². The highest BCUT2D eigenvalue weighted by Crippen LogP contribution is 2.23. The summed E-state index contributed by atoms with van der Waals surface area (Å²) in [6.45, 7) is 6.05. The van der Waals surface area contributed by atoms with Gasteiger partial charge in [-0.15, -0.1) is 0 Å². The molecule has 90 valence electrons. The lowest BCUT2D eigenvalue weighted by atomic mass is 9.96. The van der Waals surface area contributed by atoms with Crippen LogP contribution in [0, 0.1) is 11.7 Å². The zero-order valence-corrected chi connectivity index (χ0v) is 10.6. The molecule has 1 nitrogen and oxygen atoms in total. The maximum Gasteiger partial charge on any atom is 0.127 e. The standard InChI is InChI=1S/C13H19ClFN/c1-3-10(9-16-4-2)8-11-12(14)6-5-7-13(11)15/h5-7,10,16H,3-4,8-9H2,1-2H3. The van der Waals surface area contributed by atoms with Gasteiger partial charge in [-0.1, -0.05) is 37.9 Å². The molecular formula is C13H19ClFN. The van der Waals surface area contributed by atoms with E-state index >= 15 is 0 Å². The zero-order chi connectivity index (χ0) is 12.0. The van der Waals surface area contributed by atoms with Crippen LogP contribution in [0.5, 0.6) is 0 Å². The van der Waals surface area contributed by atoms with Crippen LogP contribution in [0.15, 0.2) is 18.2 Å². The first kappa shape index (κ1) is 13.5. The highest BCUT2D eigenvalue weighted by molar-refractivity contribution is 6.31. The Morgan fingerprint density at radius 3 is 2.69 bits per heavy atom. The third-order valence-corrected chi connectivity index (χ3v) is 3.17. The molecule has 0 bridgehead atoms. The SMILES string of the molecule is CCNCC(CC)Cc1c(F)cccc1Cl. The number of rotatable bonds is 6. The fraction of sp³-hybridized carbons (Fsp3) is 0.538. The quantitative estimate of drug-likeness (QED) is 0.804. The highest BCUT2D eigenvalue weighted by atomic mass is 35.5. The predicted octanol–water partition coefficient (Wildman–Crippen LogP) is 3.66. The van der Waals surface area contributed by atoms with E-state index in [0.717, 1.165) is 19.5 Å². The molecule has 0 fully saturated rings. The first-order valence-corrected chi connectivity index (χ1v) is 6.20. The van der Waals surface area contributed by atoms with Crippen molar-refractivity contribution in [2.24, 2.45) is 5.92 Å². The number of benzene rings is 1. The minimum atomic E-state index is -0.192. The van der Waals surface area contributed by atoms with Crippen molar-refractivity contribution in [2.45, 2.75) is 26.7 Å². The van der Waals surface area contributed by atoms with Gasteiger partial charge in [-0.2, -0.15) is 0 Å². The number of hydrogen-bond donors (Lipinski definition) is 1. The Labute approximate surface area is 102 Å². The van der Waals surface area contributed by atoms with Gasteiger partial charge in [-0.3, -0.25) is 0 Å². The van der Waals surface area contributed by atoms with Crippen molar-refractivity contribution < 1.29 is 4.39 Å². The molecule has 0 heterocycles. The van der Waals surface area contributed by atoms with Crippen LogP contribution in [-0.2, 0) is 6.42 Å². The normalized spacial score (nSPS) is 12.8. The van der Waals surface area contributed by atoms with E-state index in [1.54, 1.807) is 12.1 Å². The summed E-state index contributed by atoms with van der Waals surface area (Å²) < 4.78 is 13.6. The molecule has 0 aliphatic rings. The van der Waals surface area contributed by atoms with Crippen molar-refractivity contribution in [3.05, 3.63) is 34.6 Å². The van der Waals surface area contributed by atoms with E-state index in [1.807, 2.05) is 0 Å². The Morgan fingerprint density at radius 2 is 2.12 bits per heavy atom. The van der Waals surface area contributed by atoms with Crippen molar-refractivity contribution in [1.82, 2.24) is 5.32 Å². The van der Waals surface area contributed by atoms with Gasteiger partial charge in [0.25, 0.3) is 0 Å². The number of halogens is 2. The van der Waals surface area contributed by atoms with Crippen molar-refractivity contribution >= 4 is 11.6 Å². The summed E-state index contributed by atoms with van der Waals surface area (Å²) in [6, 6.07) is 4.87. The summed E-state index contributed by atoms with van der Waals surface area (Å²) in [7, 11) is 0. The molecule has 0 aliphatic carbocycles. The molecule has 0 saturated heterocycles. The summed E-state index contributed by atoms with van der Waals surface area (Å²) >= 11 is 6.00. The van der Waals surface area contributed by atoms with Crippen LogP contribution in [0.3, 0.4) is 0 Å². The van der Waals surface area contributed by atoms with Crippen molar-refractivity contribution in [3.8, 4) is 0 Å². The Kier molecular flexibility index (Phi) is 5.78. The van der Waals surface area contributed by atoms with Crippen LogP contribution < -0.4 is 5.32 Å². The van der Waals surface area contributed by atoms with Gasteiger partial charge in [0.05, 0.1) is 0 Å². The fourth-order valence-corrected chi connectivity index (χ4v) is 1.97. The molecule has 16 heavy (non-hydrogen) atoms. The molecule has 0 radical (unpaired) electrons. The van der Waals surface area contributed by atoms with E-state index < -0.39 is 0 Å². The highest BCUT2D eigenvalue weighted by Gasteiger charge is 2.13. The van der Waals surface area contributed by atoms with Crippen LogP contribution >= 0.6 is 11.6 Å². The molecule has 0 spiro atoms. The zero-order valence-electron chi connectivity index (χ0n) is 9.89. The Morgan fingerprint density at radius 1 is 1.38 bits per heavy atom. The topological polar surface area (TPSA) is 12.0 Å². The lowest BCUT2D eigenvalue weighted by Crippen LogP contribution is -2.24. The Bertz CT molecular complexity index is 307. The van der Waals surface area contributed by atoms with Crippen molar-refractivity contribution in [3.63, 3.8) is 0 Å². The molecule has 0 amide bonds. The van der Waals surface area contributed by atoms with Crippen molar-refractivity contribution in [2.75, 3.05) is 13.1 Å². The van der Waals surface area contributed by atoms with E-state index in [-0.39, 0.29) is 5.82 Å². The molecule has 1 aromatic rings. The van der Waals surface area contributed by atoms with E-state index in [1.165, 1.54) is 6.07 Å². The van der Waals surface area contributed by atoms with Gasteiger partial charge >= 0.3 is 0 Å². The summed E-state index contributed by atoms with van der Waals surface area (Å²) in [5.41, 5.74) is 0.647. The van der Waals surface area contributed by atoms with Crippen molar-refractivity contribution in [1.29, 1.82) is 0 Å². The third-order valence-electron chi connectivity index (χ3n) is 2.81. The minimum Gasteiger partial charge on any atom is -0.317 e. The van der Waals surface area contributed by atoms with Gasteiger partial charge in [0.15, 0.2) is 0 Å². The minimum absolute atomic E-state index is 0.192. The first-order valence-electron chi connectivity index (χ1n) is 5.82. The van der Waals surface area contributed by atoms with E-state index in [9.17, 15) is 4.39 Å². The number of nitrogens with one attached hydrogen (secondary N) is 1. The average molecular weight is 244 g/mol. The number of hydrogen-bond acceptors (Lipinski definition) is 1. The van der Waals surface area contributed by atoms with Gasteiger partial charge in [-0.25, -0.2) is 4.39 Å². The second-order valence-electron chi connectivity index (χ2n) is 3.99. The molecule has 1 aromatic carbocycles. The molecule has 1 rings (SSSR count). The molecule has 1 unspecified atom stereocenters. The molecule has 0 aliphatic heterocycles. The second kappa shape index (κ2) is 6.87. The third kappa shape index (κ3) is 3.76. The van der Waals surface area contributed by atoms with Gasteiger partial charge < -0.3 is 5.32 Å². The van der Waals surface area contributed by atoms with Gasteiger partial charge in [0.1, 0.15) is 5.82 Å². The summed E-state index contributed by atoms with van der Waals surface area (Å²) in [4.78, 5) is 0. The van der Waals surface area contributed by atoms with Crippen LogP contribution in [0.1, 0.15) is 25.8 Å². The average Bonchev–Trinajstić information content (AvgIpc) is 2.28. The smallest absolute Gasteiger partial charge is 0.127 e.